The molecule has 2 rings (SSSR count). The zero-order chi connectivity index (χ0) is 18.6. The fourth-order valence-corrected chi connectivity index (χ4v) is 3.94. The summed E-state index contributed by atoms with van der Waals surface area (Å²) in [5, 5.41) is 2.79. The zero-order valence-electron chi connectivity index (χ0n) is 14.0. The van der Waals surface area contributed by atoms with Crippen molar-refractivity contribution in [3.8, 4) is 0 Å². The molecule has 0 atom stereocenters. The Hall–Kier alpha value is -1.26. The van der Waals surface area contributed by atoms with Crippen LogP contribution in [0.4, 0.5) is 11.4 Å². The maximum atomic E-state index is 12.6. The van der Waals surface area contributed by atoms with Crippen LogP contribution in [0.1, 0.15) is 13.8 Å². The van der Waals surface area contributed by atoms with Crippen molar-refractivity contribution < 1.29 is 13.2 Å². The van der Waals surface area contributed by atoms with Gasteiger partial charge in [-0.25, -0.2) is 8.42 Å². The van der Waals surface area contributed by atoms with Gasteiger partial charge >= 0.3 is 0 Å². The van der Waals surface area contributed by atoms with Gasteiger partial charge in [0.2, 0.25) is 5.91 Å². The molecule has 5 nitrogen and oxygen atoms in total. The number of rotatable bonds is 6. The van der Waals surface area contributed by atoms with E-state index < -0.39 is 10.0 Å². The third kappa shape index (κ3) is 5.35. The monoisotopic (exact) mass is 490 g/mol. The minimum absolute atomic E-state index is 0.0999. The van der Waals surface area contributed by atoms with Gasteiger partial charge in [-0.05, 0) is 71.3 Å². The molecule has 25 heavy (non-hydrogen) atoms. The van der Waals surface area contributed by atoms with E-state index in [1.54, 1.807) is 32.0 Å². The Morgan fingerprint density at radius 2 is 1.76 bits per heavy atom. The second-order valence-corrected chi connectivity index (χ2v) is 9.39. The van der Waals surface area contributed by atoms with Crippen molar-refractivity contribution in [3.63, 3.8) is 0 Å². The van der Waals surface area contributed by atoms with E-state index in [0.717, 1.165) is 8.47 Å². The molecular formula is C17H19IN2O3S2. The lowest BCUT2D eigenvalue weighted by molar-refractivity contribution is -0.118. The van der Waals surface area contributed by atoms with Crippen LogP contribution < -0.4 is 10.0 Å². The van der Waals surface area contributed by atoms with Gasteiger partial charge in [0.05, 0.1) is 10.6 Å². The summed E-state index contributed by atoms with van der Waals surface area (Å²) in [6, 6.07) is 11.8. The van der Waals surface area contributed by atoms with Gasteiger partial charge in [-0.2, -0.15) is 0 Å². The highest BCUT2D eigenvalue weighted by Gasteiger charge is 2.18. The number of thioether (sulfide) groups is 1. The predicted molar refractivity (Wildman–Crippen MR) is 112 cm³/mol. The van der Waals surface area contributed by atoms with E-state index in [4.69, 9.17) is 0 Å². The van der Waals surface area contributed by atoms with Crippen molar-refractivity contribution in [1.82, 2.24) is 0 Å². The lowest BCUT2D eigenvalue weighted by Crippen LogP contribution is -2.19. The number of halogens is 1. The quantitative estimate of drug-likeness (QED) is 0.465. The van der Waals surface area contributed by atoms with Gasteiger partial charge in [-0.15, -0.1) is 11.8 Å². The van der Waals surface area contributed by atoms with Crippen molar-refractivity contribution in [3.05, 3.63) is 46.0 Å². The van der Waals surface area contributed by atoms with E-state index in [1.165, 1.54) is 23.9 Å². The molecule has 0 aliphatic heterocycles. The normalized spacial score (nSPS) is 11.4. The Bertz CT molecular complexity index is 866. The molecule has 2 N–H and O–H groups in total. The molecule has 0 bridgehead atoms. The molecule has 0 fully saturated rings. The molecule has 0 spiro atoms. The average Bonchev–Trinajstić information content (AvgIpc) is 2.56. The molecule has 0 saturated carbocycles. The number of hydrogen-bond acceptors (Lipinski definition) is 4. The molecule has 8 heteroatoms. The second-order valence-electron chi connectivity index (χ2n) is 5.62. The molecule has 0 aromatic heterocycles. The number of carbonyl (C=O) groups is 1. The molecule has 2 aromatic rings. The third-order valence-electron chi connectivity index (χ3n) is 3.36. The highest BCUT2D eigenvalue weighted by atomic mass is 127. The molecule has 0 aliphatic carbocycles. The number of sulfonamides is 1. The Balaban J connectivity index is 2.34. The van der Waals surface area contributed by atoms with Crippen LogP contribution in [0.15, 0.2) is 52.3 Å². The van der Waals surface area contributed by atoms with Crippen molar-refractivity contribution in [2.24, 2.45) is 5.92 Å². The van der Waals surface area contributed by atoms with Gasteiger partial charge < -0.3 is 5.32 Å². The summed E-state index contributed by atoms with van der Waals surface area (Å²) in [6.45, 7) is 3.57. The first-order valence-electron chi connectivity index (χ1n) is 7.50. The summed E-state index contributed by atoms with van der Waals surface area (Å²) in [5.74, 6) is -0.352. The third-order valence-corrected chi connectivity index (χ3v) is 6.25. The molecule has 134 valence electrons. The number of hydrogen-bond donors (Lipinski definition) is 2. The molecular weight excluding hydrogens is 471 g/mol. The van der Waals surface area contributed by atoms with Gasteiger partial charge in [-0.1, -0.05) is 13.8 Å². The van der Waals surface area contributed by atoms with Gasteiger partial charge in [0, 0.05) is 20.1 Å². The summed E-state index contributed by atoms with van der Waals surface area (Å²) >= 11 is 3.60. The summed E-state index contributed by atoms with van der Waals surface area (Å²) < 4.78 is 28.8. The van der Waals surface area contributed by atoms with Crippen LogP contribution in [0.2, 0.25) is 0 Å². The highest BCUT2D eigenvalue weighted by molar-refractivity contribution is 14.1. The molecule has 0 heterocycles. The van der Waals surface area contributed by atoms with E-state index in [0.29, 0.717) is 11.4 Å². The molecule has 0 aliphatic rings. The van der Waals surface area contributed by atoms with E-state index in [1.807, 2.05) is 18.4 Å². The maximum absolute atomic E-state index is 12.6. The molecule has 0 radical (unpaired) electrons. The minimum Gasteiger partial charge on any atom is -0.325 e. The van der Waals surface area contributed by atoms with Crippen LogP contribution in [0.3, 0.4) is 0 Å². The van der Waals surface area contributed by atoms with Crippen LogP contribution in [0, 0.1) is 9.49 Å². The van der Waals surface area contributed by atoms with Crippen LogP contribution >= 0.6 is 34.4 Å². The van der Waals surface area contributed by atoms with Crippen LogP contribution in [-0.2, 0) is 14.8 Å². The Labute approximate surface area is 166 Å². The number of anilines is 2. The first-order chi connectivity index (χ1) is 11.7. The summed E-state index contributed by atoms with van der Waals surface area (Å²) in [4.78, 5) is 12.9. The minimum atomic E-state index is -3.74. The van der Waals surface area contributed by atoms with E-state index in [9.17, 15) is 13.2 Å². The Morgan fingerprint density at radius 1 is 1.12 bits per heavy atom. The lowest BCUT2D eigenvalue weighted by Gasteiger charge is -2.14. The van der Waals surface area contributed by atoms with E-state index in [2.05, 4.69) is 32.6 Å². The van der Waals surface area contributed by atoms with Gasteiger partial charge in [0.25, 0.3) is 10.0 Å². The SMILES string of the molecule is CSc1ccc(S(=O)(=O)Nc2ccc(I)cc2)cc1NC(=O)C(C)C. The van der Waals surface area contributed by atoms with Crippen molar-refractivity contribution in [2.45, 2.75) is 23.6 Å². The summed E-state index contributed by atoms with van der Waals surface area (Å²) in [6.07, 6.45) is 1.87. The van der Waals surface area contributed by atoms with Crippen LogP contribution in [-0.4, -0.2) is 20.6 Å². The Morgan fingerprint density at radius 3 is 2.32 bits per heavy atom. The summed E-state index contributed by atoms with van der Waals surface area (Å²) in [7, 11) is -3.74. The fourth-order valence-electron chi connectivity index (χ4n) is 1.96. The Kier molecular flexibility index (Phi) is 6.75. The van der Waals surface area contributed by atoms with Crippen LogP contribution in [0.25, 0.3) is 0 Å². The standard InChI is InChI=1S/C17H19IN2O3S2/c1-11(2)17(21)19-15-10-14(8-9-16(15)24-3)25(22,23)20-13-6-4-12(18)5-7-13/h4-11,20H,1-3H3,(H,19,21). The first kappa shape index (κ1) is 20.1. The number of carbonyl (C=O) groups excluding carboxylic acids is 1. The average molecular weight is 490 g/mol. The fraction of sp³-hybridized carbons (Fsp3) is 0.235. The van der Waals surface area contributed by atoms with E-state index >= 15 is 0 Å². The zero-order valence-corrected chi connectivity index (χ0v) is 17.8. The molecule has 0 saturated heterocycles. The number of amides is 1. The van der Waals surface area contributed by atoms with Crippen molar-refractivity contribution >= 4 is 61.7 Å². The van der Waals surface area contributed by atoms with Crippen LogP contribution in [0.5, 0.6) is 0 Å². The highest BCUT2D eigenvalue weighted by Crippen LogP contribution is 2.29. The predicted octanol–water partition coefficient (Wildman–Crippen LogP) is 4.41. The first-order valence-corrected chi connectivity index (χ1v) is 11.3. The molecule has 1 amide bonds. The number of benzene rings is 2. The summed E-state index contributed by atoms with van der Waals surface area (Å²) in [5.41, 5.74) is 0.985. The van der Waals surface area contributed by atoms with Gasteiger partial charge in [-0.3, -0.25) is 9.52 Å². The smallest absolute Gasteiger partial charge is 0.261 e. The number of nitrogens with one attached hydrogen (secondary N) is 2. The van der Waals surface area contributed by atoms with Gasteiger partial charge in [0.15, 0.2) is 0 Å². The molecule has 2 aromatic carbocycles. The maximum Gasteiger partial charge on any atom is 0.261 e. The van der Waals surface area contributed by atoms with Gasteiger partial charge in [0.1, 0.15) is 0 Å². The lowest BCUT2D eigenvalue weighted by atomic mass is 10.2. The largest absolute Gasteiger partial charge is 0.325 e. The van der Waals surface area contributed by atoms with E-state index in [-0.39, 0.29) is 16.7 Å². The topological polar surface area (TPSA) is 75.3 Å². The molecule has 0 unspecified atom stereocenters. The van der Waals surface area contributed by atoms with Crippen molar-refractivity contribution in [1.29, 1.82) is 0 Å². The second kappa shape index (κ2) is 8.41. The van der Waals surface area contributed by atoms with Crippen molar-refractivity contribution in [2.75, 3.05) is 16.3 Å².